The Morgan fingerprint density at radius 2 is 2.04 bits per heavy atom. The van der Waals surface area contributed by atoms with Gasteiger partial charge in [0.05, 0.1) is 23.7 Å². The number of amides is 1. The van der Waals surface area contributed by atoms with Crippen LogP contribution in [0.1, 0.15) is 25.1 Å². The number of β-amino-alcohol motifs (C(OH)–C–C–N with tert-alkyl or cyclic N) is 1. The zero-order valence-corrected chi connectivity index (χ0v) is 14.8. The Kier molecular flexibility index (Phi) is 4.48. The van der Waals surface area contributed by atoms with E-state index < -0.39 is 6.10 Å². The van der Waals surface area contributed by atoms with Gasteiger partial charge in [0.1, 0.15) is 5.82 Å². The smallest absolute Gasteiger partial charge is 0.222 e. The van der Waals surface area contributed by atoms with Crippen molar-refractivity contribution < 1.29 is 9.90 Å². The third-order valence-electron chi connectivity index (χ3n) is 5.34. The first-order valence-corrected chi connectivity index (χ1v) is 9.18. The SMILES string of the molecule is Cn1c(CN2CCN(C(=O)CC3CC3)C[C@H](O)C2)nc2ccccc21. The van der Waals surface area contributed by atoms with Gasteiger partial charge >= 0.3 is 0 Å². The molecule has 1 amide bonds. The number of rotatable bonds is 4. The van der Waals surface area contributed by atoms with Crippen LogP contribution in [0.15, 0.2) is 24.3 Å². The first-order chi connectivity index (χ1) is 12.1. The molecule has 25 heavy (non-hydrogen) atoms. The van der Waals surface area contributed by atoms with Crippen LogP contribution in [-0.2, 0) is 18.4 Å². The number of nitrogens with zero attached hydrogens (tertiary/aromatic N) is 4. The van der Waals surface area contributed by atoms with E-state index in [0.717, 1.165) is 23.4 Å². The van der Waals surface area contributed by atoms with E-state index in [9.17, 15) is 9.90 Å². The fourth-order valence-corrected chi connectivity index (χ4v) is 3.66. The lowest BCUT2D eigenvalue weighted by Crippen LogP contribution is -2.37. The first-order valence-electron chi connectivity index (χ1n) is 9.18. The lowest BCUT2D eigenvalue weighted by atomic mass is 10.2. The van der Waals surface area contributed by atoms with Crippen LogP contribution in [0.2, 0.25) is 0 Å². The first kappa shape index (κ1) is 16.5. The van der Waals surface area contributed by atoms with E-state index in [1.807, 2.05) is 30.1 Å². The zero-order chi connectivity index (χ0) is 17.4. The molecule has 1 aromatic heterocycles. The number of hydrogen-bond acceptors (Lipinski definition) is 4. The van der Waals surface area contributed by atoms with Crippen LogP contribution in [0.4, 0.5) is 0 Å². The van der Waals surface area contributed by atoms with Gasteiger partial charge in [-0.25, -0.2) is 4.98 Å². The van der Waals surface area contributed by atoms with Crippen molar-refractivity contribution in [3.63, 3.8) is 0 Å². The highest BCUT2D eigenvalue weighted by atomic mass is 16.3. The zero-order valence-electron chi connectivity index (χ0n) is 14.8. The largest absolute Gasteiger partial charge is 0.390 e. The lowest BCUT2D eigenvalue weighted by Gasteiger charge is -2.21. The van der Waals surface area contributed by atoms with Crippen LogP contribution in [0.25, 0.3) is 11.0 Å². The topological polar surface area (TPSA) is 61.6 Å². The second kappa shape index (κ2) is 6.77. The average molecular weight is 342 g/mol. The number of aliphatic hydroxyl groups is 1. The van der Waals surface area contributed by atoms with Gasteiger partial charge in [0, 0.05) is 39.6 Å². The Morgan fingerprint density at radius 3 is 2.80 bits per heavy atom. The molecule has 1 N–H and O–H groups in total. The summed E-state index contributed by atoms with van der Waals surface area (Å²) in [6.45, 7) is 3.18. The normalized spacial score (nSPS) is 22.3. The molecule has 2 aromatic rings. The number of para-hydroxylation sites is 2. The summed E-state index contributed by atoms with van der Waals surface area (Å²) in [6.07, 6.45) is 2.51. The highest BCUT2D eigenvalue weighted by Crippen LogP contribution is 2.33. The van der Waals surface area contributed by atoms with Crippen molar-refractivity contribution >= 4 is 16.9 Å². The maximum Gasteiger partial charge on any atom is 0.222 e. The summed E-state index contributed by atoms with van der Waals surface area (Å²) in [6, 6.07) is 8.11. The molecule has 0 unspecified atom stereocenters. The van der Waals surface area contributed by atoms with Crippen molar-refractivity contribution in [2.24, 2.45) is 13.0 Å². The molecule has 0 bridgehead atoms. The van der Waals surface area contributed by atoms with Crippen molar-refractivity contribution in [1.82, 2.24) is 19.4 Å². The number of imidazole rings is 1. The number of hydrogen-bond donors (Lipinski definition) is 1. The van der Waals surface area contributed by atoms with E-state index in [4.69, 9.17) is 4.98 Å². The molecule has 2 fully saturated rings. The summed E-state index contributed by atoms with van der Waals surface area (Å²) in [5, 5.41) is 10.4. The fraction of sp³-hybridized carbons (Fsp3) is 0.579. The van der Waals surface area contributed by atoms with E-state index in [1.54, 1.807) is 0 Å². The second-order valence-corrected chi connectivity index (χ2v) is 7.45. The van der Waals surface area contributed by atoms with Crippen LogP contribution in [0.5, 0.6) is 0 Å². The maximum atomic E-state index is 12.4. The van der Waals surface area contributed by atoms with Crippen molar-refractivity contribution in [3.8, 4) is 0 Å². The number of aliphatic hydroxyl groups excluding tert-OH is 1. The minimum atomic E-state index is -0.500. The molecule has 6 heteroatoms. The fourth-order valence-electron chi connectivity index (χ4n) is 3.66. The summed E-state index contributed by atoms with van der Waals surface area (Å²) >= 11 is 0. The molecule has 1 aromatic carbocycles. The Balaban J connectivity index is 1.43. The highest BCUT2D eigenvalue weighted by Gasteiger charge is 2.30. The number of benzene rings is 1. The van der Waals surface area contributed by atoms with Crippen molar-refractivity contribution in [2.45, 2.75) is 31.9 Å². The van der Waals surface area contributed by atoms with Crippen molar-refractivity contribution in [2.75, 3.05) is 26.2 Å². The third-order valence-corrected chi connectivity index (χ3v) is 5.34. The number of fused-ring (bicyclic) bond motifs is 1. The molecule has 1 aliphatic carbocycles. The Morgan fingerprint density at radius 1 is 1.24 bits per heavy atom. The summed E-state index contributed by atoms with van der Waals surface area (Å²) in [7, 11) is 2.03. The van der Waals surface area contributed by atoms with Gasteiger partial charge in [-0.1, -0.05) is 12.1 Å². The van der Waals surface area contributed by atoms with Crippen LogP contribution in [-0.4, -0.2) is 62.6 Å². The summed E-state index contributed by atoms with van der Waals surface area (Å²) in [4.78, 5) is 21.1. The molecular weight excluding hydrogens is 316 g/mol. The summed E-state index contributed by atoms with van der Waals surface area (Å²) in [5.74, 6) is 1.78. The molecule has 0 radical (unpaired) electrons. The lowest BCUT2D eigenvalue weighted by molar-refractivity contribution is -0.132. The molecule has 1 saturated heterocycles. The molecule has 2 heterocycles. The Hall–Kier alpha value is -1.92. The highest BCUT2D eigenvalue weighted by molar-refractivity contribution is 5.77. The van der Waals surface area contributed by atoms with E-state index in [0.29, 0.717) is 38.5 Å². The predicted molar refractivity (Wildman–Crippen MR) is 95.9 cm³/mol. The second-order valence-electron chi connectivity index (χ2n) is 7.45. The van der Waals surface area contributed by atoms with E-state index in [1.165, 1.54) is 12.8 Å². The minimum absolute atomic E-state index is 0.200. The van der Waals surface area contributed by atoms with E-state index in [2.05, 4.69) is 15.5 Å². The Labute approximate surface area is 148 Å². The monoisotopic (exact) mass is 342 g/mol. The van der Waals surface area contributed by atoms with Gasteiger partial charge in [-0.2, -0.15) is 0 Å². The number of aromatic nitrogens is 2. The third kappa shape index (κ3) is 3.70. The van der Waals surface area contributed by atoms with Crippen LogP contribution < -0.4 is 0 Å². The van der Waals surface area contributed by atoms with Crippen molar-refractivity contribution in [1.29, 1.82) is 0 Å². The van der Waals surface area contributed by atoms with Crippen LogP contribution in [0, 0.1) is 5.92 Å². The molecule has 1 atom stereocenters. The average Bonchev–Trinajstić information content (AvgIpc) is 3.37. The van der Waals surface area contributed by atoms with Gasteiger partial charge in [0.25, 0.3) is 0 Å². The molecule has 134 valence electrons. The standard InChI is InChI=1S/C19H26N4O2/c1-21-17-5-3-2-4-16(17)20-18(21)13-22-8-9-23(12-15(24)11-22)19(25)10-14-6-7-14/h2-5,14-15,24H,6-13H2,1H3/t15-/m1/s1. The molecular formula is C19H26N4O2. The quantitative estimate of drug-likeness (QED) is 0.912. The van der Waals surface area contributed by atoms with E-state index >= 15 is 0 Å². The number of aryl methyl sites for hydroxylation is 1. The molecule has 1 saturated carbocycles. The molecule has 2 aliphatic rings. The molecule has 4 rings (SSSR count). The number of carbonyl (C=O) groups excluding carboxylic acids is 1. The van der Waals surface area contributed by atoms with Crippen LogP contribution >= 0.6 is 0 Å². The van der Waals surface area contributed by atoms with E-state index in [-0.39, 0.29) is 5.91 Å². The van der Waals surface area contributed by atoms with Gasteiger partial charge in [-0.15, -0.1) is 0 Å². The van der Waals surface area contributed by atoms with Gasteiger partial charge in [0.15, 0.2) is 0 Å². The predicted octanol–water partition coefficient (Wildman–Crippen LogP) is 1.38. The van der Waals surface area contributed by atoms with Gasteiger partial charge in [0.2, 0.25) is 5.91 Å². The molecule has 1 aliphatic heterocycles. The van der Waals surface area contributed by atoms with Gasteiger partial charge < -0.3 is 14.6 Å². The number of carbonyl (C=O) groups is 1. The maximum absolute atomic E-state index is 12.4. The van der Waals surface area contributed by atoms with Crippen molar-refractivity contribution in [3.05, 3.63) is 30.1 Å². The molecule has 6 nitrogen and oxygen atoms in total. The van der Waals surface area contributed by atoms with Crippen LogP contribution in [0.3, 0.4) is 0 Å². The molecule has 0 spiro atoms. The Bertz CT molecular complexity index is 768. The summed E-state index contributed by atoms with van der Waals surface area (Å²) < 4.78 is 2.11. The van der Waals surface area contributed by atoms with Gasteiger partial charge in [-0.3, -0.25) is 9.69 Å². The summed E-state index contributed by atoms with van der Waals surface area (Å²) in [5.41, 5.74) is 2.12. The van der Waals surface area contributed by atoms with Gasteiger partial charge in [-0.05, 0) is 30.9 Å². The minimum Gasteiger partial charge on any atom is -0.390 e.